The number of nitro groups is 1. The van der Waals surface area contributed by atoms with Crippen molar-refractivity contribution in [1.29, 1.82) is 0 Å². The molecule has 1 aromatic rings. The van der Waals surface area contributed by atoms with E-state index in [1.807, 2.05) is 0 Å². The molecule has 2 N–H and O–H groups in total. The molecule has 0 amide bonds. The fraction of sp³-hybridized carbons (Fsp3) is 0.455. The molecular weight excluding hydrogens is 224 g/mol. The van der Waals surface area contributed by atoms with Gasteiger partial charge in [0.15, 0.2) is 6.29 Å². The zero-order valence-electron chi connectivity index (χ0n) is 9.83. The highest BCUT2D eigenvalue weighted by Crippen LogP contribution is 2.14. The minimum absolute atomic E-state index is 0.0670. The van der Waals surface area contributed by atoms with E-state index in [9.17, 15) is 10.1 Å². The summed E-state index contributed by atoms with van der Waals surface area (Å²) in [4.78, 5) is 10.0. The maximum Gasteiger partial charge on any atom is 0.269 e. The van der Waals surface area contributed by atoms with E-state index in [0.717, 1.165) is 5.56 Å². The second-order valence-electron chi connectivity index (χ2n) is 3.63. The van der Waals surface area contributed by atoms with Crippen molar-refractivity contribution in [3.8, 4) is 0 Å². The first-order chi connectivity index (χ1) is 8.08. The second kappa shape index (κ2) is 6.29. The topological polar surface area (TPSA) is 87.6 Å². The first kappa shape index (κ1) is 13.6. The number of rotatable bonds is 6. The van der Waals surface area contributed by atoms with Crippen molar-refractivity contribution in [3.05, 3.63) is 39.9 Å². The smallest absolute Gasteiger partial charge is 0.269 e. The van der Waals surface area contributed by atoms with Gasteiger partial charge in [-0.1, -0.05) is 12.1 Å². The molecule has 0 spiro atoms. The van der Waals surface area contributed by atoms with Gasteiger partial charge in [0.25, 0.3) is 5.69 Å². The Labute approximate surface area is 99.5 Å². The first-order valence-corrected chi connectivity index (χ1v) is 5.13. The highest BCUT2D eigenvalue weighted by molar-refractivity contribution is 5.33. The van der Waals surface area contributed by atoms with E-state index >= 15 is 0 Å². The Kier molecular flexibility index (Phi) is 5.02. The van der Waals surface area contributed by atoms with E-state index < -0.39 is 11.2 Å². The quantitative estimate of drug-likeness (QED) is 0.456. The third-order valence-corrected chi connectivity index (χ3v) is 2.43. The van der Waals surface area contributed by atoms with Crippen molar-refractivity contribution in [3.63, 3.8) is 0 Å². The van der Waals surface area contributed by atoms with Gasteiger partial charge in [-0.3, -0.25) is 10.1 Å². The van der Waals surface area contributed by atoms with Crippen LogP contribution >= 0.6 is 0 Å². The maximum absolute atomic E-state index is 10.5. The highest BCUT2D eigenvalue weighted by Gasteiger charge is 2.17. The molecule has 94 valence electrons. The monoisotopic (exact) mass is 240 g/mol. The Morgan fingerprint density at radius 3 is 2.24 bits per heavy atom. The number of nitrogens with two attached hydrogens (primary N) is 1. The number of nitro benzene ring substituents is 1. The summed E-state index contributed by atoms with van der Waals surface area (Å²) >= 11 is 0. The molecule has 17 heavy (non-hydrogen) atoms. The molecule has 6 nitrogen and oxygen atoms in total. The molecule has 0 aromatic heterocycles. The van der Waals surface area contributed by atoms with Gasteiger partial charge in [0.1, 0.15) is 0 Å². The molecule has 0 fully saturated rings. The molecular formula is C11H16N2O4. The lowest BCUT2D eigenvalue weighted by Gasteiger charge is -2.20. The Hall–Kier alpha value is -1.50. The van der Waals surface area contributed by atoms with E-state index in [1.165, 1.54) is 26.4 Å². The van der Waals surface area contributed by atoms with Crippen molar-refractivity contribution in [2.24, 2.45) is 5.73 Å². The Morgan fingerprint density at radius 1 is 1.29 bits per heavy atom. The molecule has 0 heterocycles. The average Bonchev–Trinajstić information content (AvgIpc) is 2.31. The fourth-order valence-corrected chi connectivity index (χ4v) is 1.57. The summed E-state index contributed by atoms with van der Waals surface area (Å²) in [6, 6.07) is 5.96. The van der Waals surface area contributed by atoms with Crippen molar-refractivity contribution in [2.45, 2.75) is 18.8 Å². The standard InChI is InChI=1S/C11H16N2O4/c1-16-11(17-2)10(12)7-8-3-5-9(6-4-8)13(14)15/h3-6,10-11H,7,12H2,1-2H3/t10-/m0/s1. The Morgan fingerprint density at radius 2 is 1.82 bits per heavy atom. The first-order valence-electron chi connectivity index (χ1n) is 5.13. The molecule has 1 rings (SSSR count). The van der Waals surface area contributed by atoms with Crippen molar-refractivity contribution in [1.82, 2.24) is 0 Å². The molecule has 1 atom stereocenters. The van der Waals surface area contributed by atoms with Crippen LogP contribution < -0.4 is 5.73 Å². The molecule has 0 aliphatic heterocycles. The summed E-state index contributed by atoms with van der Waals surface area (Å²) in [6.07, 6.45) is 0.0508. The minimum atomic E-state index is -0.481. The molecule has 6 heteroatoms. The summed E-state index contributed by atoms with van der Waals surface area (Å²) in [5.41, 5.74) is 6.86. The predicted octanol–water partition coefficient (Wildman–Crippen LogP) is 1.08. The fourth-order valence-electron chi connectivity index (χ4n) is 1.57. The Bertz CT molecular complexity index is 362. The predicted molar refractivity (Wildman–Crippen MR) is 62.6 cm³/mol. The van der Waals surface area contributed by atoms with Crippen LogP contribution in [-0.2, 0) is 15.9 Å². The summed E-state index contributed by atoms with van der Waals surface area (Å²) < 4.78 is 10.1. The van der Waals surface area contributed by atoms with Gasteiger partial charge in [0.05, 0.1) is 11.0 Å². The van der Waals surface area contributed by atoms with Gasteiger partial charge in [0, 0.05) is 26.4 Å². The van der Waals surface area contributed by atoms with E-state index in [4.69, 9.17) is 15.2 Å². The molecule has 0 radical (unpaired) electrons. The zero-order chi connectivity index (χ0) is 12.8. The maximum atomic E-state index is 10.5. The molecule has 0 saturated heterocycles. The van der Waals surface area contributed by atoms with Crippen LogP contribution in [-0.4, -0.2) is 31.5 Å². The van der Waals surface area contributed by atoms with E-state index in [2.05, 4.69) is 0 Å². The van der Waals surface area contributed by atoms with Crippen LogP contribution in [0, 0.1) is 10.1 Å². The largest absolute Gasteiger partial charge is 0.354 e. The van der Waals surface area contributed by atoms with Crippen LogP contribution in [0.5, 0.6) is 0 Å². The van der Waals surface area contributed by atoms with E-state index in [0.29, 0.717) is 6.42 Å². The zero-order valence-corrected chi connectivity index (χ0v) is 9.83. The summed E-state index contributed by atoms with van der Waals surface area (Å²) in [5, 5.41) is 10.5. The van der Waals surface area contributed by atoms with Crippen LogP contribution in [0.15, 0.2) is 24.3 Å². The van der Waals surface area contributed by atoms with Gasteiger partial charge >= 0.3 is 0 Å². The second-order valence-corrected chi connectivity index (χ2v) is 3.63. The SMILES string of the molecule is COC(OC)[C@@H](N)Cc1ccc([N+](=O)[O-])cc1. The number of hydrogen-bond donors (Lipinski definition) is 1. The summed E-state index contributed by atoms with van der Waals surface area (Å²) in [5.74, 6) is 0. The lowest BCUT2D eigenvalue weighted by atomic mass is 10.1. The van der Waals surface area contributed by atoms with Gasteiger partial charge < -0.3 is 15.2 Å². The van der Waals surface area contributed by atoms with Crippen LogP contribution in [0.4, 0.5) is 5.69 Å². The lowest BCUT2D eigenvalue weighted by Crippen LogP contribution is -2.39. The van der Waals surface area contributed by atoms with Gasteiger partial charge in [-0.25, -0.2) is 0 Å². The molecule has 1 aromatic carbocycles. The average molecular weight is 240 g/mol. The van der Waals surface area contributed by atoms with Crippen LogP contribution in [0.2, 0.25) is 0 Å². The minimum Gasteiger partial charge on any atom is -0.354 e. The van der Waals surface area contributed by atoms with Gasteiger partial charge in [-0.2, -0.15) is 0 Å². The van der Waals surface area contributed by atoms with E-state index in [1.54, 1.807) is 12.1 Å². The van der Waals surface area contributed by atoms with Gasteiger partial charge in [0.2, 0.25) is 0 Å². The van der Waals surface area contributed by atoms with Crippen LogP contribution in [0.1, 0.15) is 5.56 Å². The van der Waals surface area contributed by atoms with Crippen molar-refractivity contribution < 1.29 is 14.4 Å². The third-order valence-electron chi connectivity index (χ3n) is 2.43. The Balaban J connectivity index is 2.65. The van der Waals surface area contributed by atoms with E-state index in [-0.39, 0.29) is 11.7 Å². The summed E-state index contributed by atoms with van der Waals surface area (Å²) in [6.45, 7) is 0. The third kappa shape index (κ3) is 3.77. The molecule has 0 saturated carbocycles. The molecule has 0 aliphatic rings. The van der Waals surface area contributed by atoms with Crippen LogP contribution in [0.3, 0.4) is 0 Å². The van der Waals surface area contributed by atoms with Crippen molar-refractivity contribution in [2.75, 3.05) is 14.2 Å². The molecule has 0 bridgehead atoms. The summed E-state index contributed by atoms with van der Waals surface area (Å²) in [7, 11) is 3.04. The van der Waals surface area contributed by atoms with Gasteiger partial charge in [-0.05, 0) is 12.0 Å². The number of non-ortho nitro benzene ring substituents is 1. The number of nitrogens with zero attached hydrogens (tertiary/aromatic N) is 1. The number of ether oxygens (including phenoxy) is 2. The normalized spacial score (nSPS) is 12.7. The highest BCUT2D eigenvalue weighted by atomic mass is 16.7. The van der Waals surface area contributed by atoms with Gasteiger partial charge in [-0.15, -0.1) is 0 Å². The molecule has 0 unspecified atom stereocenters. The number of methoxy groups -OCH3 is 2. The van der Waals surface area contributed by atoms with Crippen LogP contribution in [0.25, 0.3) is 0 Å². The molecule has 0 aliphatic carbocycles. The number of hydrogen-bond acceptors (Lipinski definition) is 5. The lowest BCUT2D eigenvalue weighted by molar-refractivity contribution is -0.384. The number of benzene rings is 1. The van der Waals surface area contributed by atoms with Crippen molar-refractivity contribution >= 4 is 5.69 Å².